The van der Waals surface area contributed by atoms with Crippen LogP contribution in [0.5, 0.6) is 5.75 Å². The molecule has 1 heterocycles. The molecule has 1 aliphatic heterocycles. The highest BCUT2D eigenvalue weighted by Gasteiger charge is 2.43. The third kappa shape index (κ3) is 7.04. The summed E-state index contributed by atoms with van der Waals surface area (Å²) >= 11 is 0. The van der Waals surface area contributed by atoms with Gasteiger partial charge in [0.25, 0.3) is 0 Å². The molecule has 3 rings (SSSR count). The number of carbonyl (C=O) groups is 1. The van der Waals surface area contributed by atoms with Crippen LogP contribution < -0.4 is 4.74 Å². The number of likely N-dealkylation sites (tertiary alicyclic amines) is 1. The smallest absolute Gasteiger partial charge is 0.130 e. The summed E-state index contributed by atoms with van der Waals surface area (Å²) < 4.78 is 19.7. The zero-order valence-corrected chi connectivity index (χ0v) is 19.5. The van der Waals surface area contributed by atoms with Gasteiger partial charge in [0.05, 0.1) is 6.61 Å². The predicted octanol–water partition coefficient (Wildman–Crippen LogP) is 5.97. The van der Waals surface area contributed by atoms with Crippen LogP contribution in [0.15, 0.2) is 47.2 Å². The number of aliphatic imine (C=N–C) groups is 1. The number of carbonyl (C=O) groups excluding carboxylic acids is 1. The van der Waals surface area contributed by atoms with Gasteiger partial charge in [0.15, 0.2) is 0 Å². The van der Waals surface area contributed by atoms with Crippen molar-refractivity contribution in [1.82, 2.24) is 4.90 Å². The number of hydrogen-bond donors (Lipinski definition) is 0. The number of ether oxygens (including phenoxy) is 1. The molecule has 1 aromatic carbocycles. The van der Waals surface area contributed by atoms with E-state index in [-0.39, 0.29) is 12.2 Å². The number of aldehydes is 1. The minimum atomic E-state index is -0.368. The van der Waals surface area contributed by atoms with Crippen molar-refractivity contribution in [2.75, 3.05) is 19.7 Å². The Bertz CT molecular complexity index is 825. The van der Waals surface area contributed by atoms with E-state index in [2.05, 4.69) is 22.9 Å². The van der Waals surface area contributed by atoms with Crippen LogP contribution in [0.4, 0.5) is 4.39 Å². The van der Waals surface area contributed by atoms with Gasteiger partial charge >= 0.3 is 0 Å². The van der Waals surface area contributed by atoms with E-state index in [1.165, 1.54) is 25.3 Å². The first-order chi connectivity index (χ1) is 15.7. The molecule has 5 heteroatoms. The molecular weight excluding hydrogens is 403 g/mol. The van der Waals surface area contributed by atoms with Crippen molar-refractivity contribution >= 4 is 12.5 Å². The SMILES string of the molecule is C\C=C/C=N/C(=C/CCC)N1CCC(C2CC2CCOc2ccc(CC=O)c(F)c2)CC1. The molecule has 0 aromatic heterocycles. The van der Waals surface area contributed by atoms with Crippen LogP contribution in [0.25, 0.3) is 0 Å². The van der Waals surface area contributed by atoms with E-state index in [9.17, 15) is 9.18 Å². The van der Waals surface area contributed by atoms with Crippen molar-refractivity contribution in [2.45, 2.75) is 58.8 Å². The summed E-state index contributed by atoms with van der Waals surface area (Å²) in [6, 6.07) is 4.78. The molecule has 4 nitrogen and oxygen atoms in total. The first-order valence-electron chi connectivity index (χ1n) is 12.1. The summed E-state index contributed by atoms with van der Waals surface area (Å²) in [4.78, 5) is 17.7. The van der Waals surface area contributed by atoms with Gasteiger partial charge in [-0.25, -0.2) is 9.38 Å². The Labute approximate surface area is 192 Å². The van der Waals surface area contributed by atoms with Crippen LogP contribution in [-0.2, 0) is 11.2 Å². The zero-order chi connectivity index (χ0) is 22.8. The van der Waals surface area contributed by atoms with Gasteiger partial charge in [0, 0.05) is 31.8 Å². The Kier molecular flexibility index (Phi) is 9.51. The fourth-order valence-electron chi connectivity index (χ4n) is 4.68. The average Bonchev–Trinajstić information content (AvgIpc) is 3.58. The summed E-state index contributed by atoms with van der Waals surface area (Å²) in [6.45, 7) is 7.00. The van der Waals surface area contributed by atoms with Crippen molar-refractivity contribution in [2.24, 2.45) is 22.7 Å². The Morgan fingerprint density at radius 3 is 2.81 bits per heavy atom. The van der Waals surface area contributed by atoms with Gasteiger partial charge in [-0.1, -0.05) is 25.5 Å². The molecule has 32 heavy (non-hydrogen) atoms. The first kappa shape index (κ1) is 24.2. The Balaban J connectivity index is 1.40. The number of nitrogens with zero attached hydrogens (tertiary/aromatic N) is 2. The standard InChI is InChI=1S/C27H37FN2O2/c1-3-5-7-27(29-14-6-4-2)30-15-10-21(11-16-30)25-19-23(25)13-18-32-24-9-8-22(12-17-31)26(28)20-24/h4,6-9,14,17,20-21,23,25H,3,5,10-13,15-16,18-19H2,1-2H3/b6-4-,27-7-,29-14+. The topological polar surface area (TPSA) is 41.9 Å². The van der Waals surface area contributed by atoms with Crippen LogP contribution in [0.2, 0.25) is 0 Å². The number of halogens is 1. The van der Waals surface area contributed by atoms with Crippen LogP contribution in [0.3, 0.4) is 0 Å². The third-order valence-electron chi connectivity index (χ3n) is 6.63. The minimum absolute atomic E-state index is 0.104. The predicted molar refractivity (Wildman–Crippen MR) is 128 cm³/mol. The average molecular weight is 441 g/mol. The Morgan fingerprint density at radius 1 is 1.31 bits per heavy atom. The fraction of sp³-hybridized carbons (Fsp3) is 0.556. The maximum Gasteiger partial charge on any atom is 0.130 e. The second-order valence-electron chi connectivity index (χ2n) is 8.90. The third-order valence-corrected chi connectivity index (χ3v) is 6.63. The number of benzene rings is 1. The van der Waals surface area contributed by atoms with Gasteiger partial charge in [-0.05, 0) is 80.6 Å². The van der Waals surface area contributed by atoms with Crippen LogP contribution in [0.1, 0.15) is 57.9 Å². The molecule has 2 unspecified atom stereocenters. The number of unbranched alkanes of at least 4 members (excludes halogenated alkanes) is 1. The summed E-state index contributed by atoms with van der Waals surface area (Å²) in [6.07, 6.45) is 16.0. The van der Waals surface area contributed by atoms with Crippen molar-refractivity contribution in [3.05, 3.63) is 53.6 Å². The molecule has 0 N–H and O–H groups in total. The Hall–Kier alpha value is -2.43. The second-order valence-corrected chi connectivity index (χ2v) is 8.90. The molecule has 1 aliphatic carbocycles. The molecule has 0 radical (unpaired) electrons. The highest BCUT2D eigenvalue weighted by Crippen LogP contribution is 2.50. The van der Waals surface area contributed by atoms with Crippen molar-refractivity contribution in [1.29, 1.82) is 0 Å². The molecule has 2 atom stereocenters. The van der Waals surface area contributed by atoms with Gasteiger partial charge in [-0.2, -0.15) is 0 Å². The number of allylic oxidation sites excluding steroid dienone is 3. The lowest BCUT2D eigenvalue weighted by atomic mass is 9.90. The molecule has 174 valence electrons. The number of hydrogen-bond acceptors (Lipinski definition) is 4. The van der Waals surface area contributed by atoms with Crippen LogP contribution >= 0.6 is 0 Å². The molecule has 2 fully saturated rings. The number of rotatable bonds is 12. The Morgan fingerprint density at radius 2 is 2.12 bits per heavy atom. The van der Waals surface area contributed by atoms with Gasteiger partial charge in [-0.15, -0.1) is 0 Å². The summed E-state index contributed by atoms with van der Waals surface area (Å²) in [7, 11) is 0. The zero-order valence-electron chi connectivity index (χ0n) is 19.5. The van der Waals surface area contributed by atoms with Gasteiger partial charge < -0.3 is 14.4 Å². The van der Waals surface area contributed by atoms with E-state index in [1.54, 1.807) is 12.1 Å². The van der Waals surface area contributed by atoms with Crippen molar-refractivity contribution < 1.29 is 13.9 Å². The molecule has 1 saturated carbocycles. The quantitative estimate of drug-likeness (QED) is 0.297. The van der Waals surface area contributed by atoms with E-state index in [1.807, 2.05) is 25.3 Å². The van der Waals surface area contributed by atoms with E-state index in [0.29, 0.717) is 17.9 Å². The van der Waals surface area contributed by atoms with E-state index < -0.39 is 0 Å². The van der Waals surface area contributed by atoms with Crippen LogP contribution in [0, 0.1) is 23.6 Å². The van der Waals surface area contributed by atoms with E-state index >= 15 is 0 Å². The monoisotopic (exact) mass is 440 g/mol. The highest BCUT2D eigenvalue weighted by atomic mass is 19.1. The first-order valence-corrected chi connectivity index (χ1v) is 12.1. The summed E-state index contributed by atoms with van der Waals surface area (Å²) in [5, 5.41) is 0. The maximum atomic E-state index is 13.9. The summed E-state index contributed by atoms with van der Waals surface area (Å²) in [5.41, 5.74) is 0.418. The largest absolute Gasteiger partial charge is 0.493 e. The maximum absolute atomic E-state index is 13.9. The minimum Gasteiger partial charge on any atom is -0.493 e. The van der Waals surface area contributed by atoms with Gasteiger partial charge in [-0.3, -0.25) is 0 Å². The lowest BCUT2D eigenvalue weighted by Crippen LogP contribution is -2.33. The van der Waals surface area contributed by atoms with E-state index in [0.717, 1.165) is 62.2 Å². The molecule has 0 amide bonds. The summed E-state index contributed by atoms with van der Waals surface area (Å²) in [5.74, 6) is 3.63. The van der Waals surface area contributed by atoms with Crippen LogP contribution in [-0.4, -0.2) is 37.1 Å². The molecule has 2 aliphatic rings. The number of piperidine rings is 1. The molecule has 1 saturated heterocycles. The molecule has 0 bridgehead atoms. The van der Waals surface area contributed by atoms with Gasteiger partial charge in [0.2, 0.25) is 0 Å². The molecular formula is C27H37FN2O2. The lowest BCUT2D eigenvalue weighted by molar-refractivity contribution is -0.107. The van der Waals surface area contributed by atoms with Gasteiger partial charge in [0.1, 0.15) is 23.7 Å². The van der Waals surface area contributed by atoms with Crippen molar-refractivity contribution in [3.63, 3.8) is 0 Å². The molecule has 1 aromatic rings. The molecule has 0 spiro atoms. The van der Waals surface area contributed by atoms with Crippen molar-refractivity contribution in [3.8, 4) is 5.75 Å². The second kappa shape index (κ2) is 12.6. The van der Waals surface area contributed by atoms with E-state index in [4.69, 9.17) is 4.74 Å². The normalized spacial score (nSPS) is 22.1. The fourth-order valence-corrected chi connectivity index (χ4v) is 4.68. The lowest BCUT2D eigenvalue weighted by Gasteiger charge is -2.34. The highest BCUT2D eigenvalue weighted by molar-refractivity contribution is 5.71.